The van der Waals surface area contributed by atoms with Gasteiger partial charge in [-0.05, 0) is 29.2 Å². The van der Waals surface area contributed by atoms with Crippen molar-refractivity contribution >= 4 is 12.4 Å². The van der Waals surface area contributed by atoms with Crippen LogP contribution in [0.25, 0.3) is 11.1 Å². The Morgan fingerprint density at radius 1 is 0.941 bits per heavy atom. The molecule has 0 spiro atoms. The highest BCUT2D eigenvalue weighted by Crippen LogP contribution is 2.23. The maximum absolute atomic E-state index is 6.04. The largest absolute Gasteiger partial charge is 0.324 e. The molecule has 0 heterocycles. The van der Waals surface area contributed by atoms with Gasteiger partial charge in [0.1, 0.15) is 0 Å². The normalized spacial score (nSPS) is 11.6. The molecular weight excluding hydrogens is 230 g/mol. The van der Waals surface area contributed by atoms with Crippen LogP contribution in [0.1, 0.15) is 24.9 Å². The summed E-state index contributed by atoms with van der Waals surface area (Å²) in [5, 5.41) is 0. The summed E-state index contributed by atoms with van der Waals surface area (Å²) in [6.45, 7) is 2.11. The van der Waals surface area contributed by atoms with E-state index in [1.807, 2.05) is 6.07 Å². The van der Waals surface area contributed by atoms with E-state index in [9.17, 15) is 0 Å². The Bertz CT molecular complexity index is 453. The van der Waals surface area contributed by atoms with Crippen molar-refractivity contribution in [2.75, 3.05) is 0 Å². The lowest BCUT2D eigenvalue weighted by molar-refractivity contribution is 0.699. The first-order valence-corrected chi connectivity index (χ1v) is 5.72. The van der Waals surface area contributed by atoms with E-state index in [1.54, 1.807) is 0 Å². The van der Waals surface area contributed by atoms with Crippen molar-refractivity contribution < 1.29 is 0 Å². The predicted octanol–water partition coefficient (Wildman–Crippen LogP) is 4.19. The molecule has 0 unspecified atom stereocenters. The molecule has 2 aromatic carbocycles. The van der Waals surface area contributed by atoms with Gasteiger partial charge in [0, 0.05) is 6.04 Å². The van der Waals surface area contributed by atoms with Gasteiger partial charge in [-0.25, -0.2) is 0 Å². The van der Waals surface area contributed by atoms with E-state index in [4.69, 9.17) is 5.73 Å². The molecule has 0 radical (unpaired) electrons. The molecule has 0 saturated heterocycles. The second-order valence-electron chi connectivity index (χ2n) is 4.01. The first-order chi connectivity index (χ1) is 7.81. The van der Waals surface area contributed by atoms with Crippen molar-refractivity contribution in [1.29, 1.82) is 0 Å². The van der Waals surface area contributed by atoms with Gasteiger partial charge in [-0.3, -0.25) is 0 Å². The van der Waals surface area contributed by atoms with Crippen LogP contribution >= 0.6 is 12.4 Å². The minimum absolute atomic E-state index is 0. The Morgan fingerprint density at radius 2 is 1.59 bits per heavy atom. The highest BCUT2D eigenvalue weighted by molar-refractivity contribution is 5.85. The van der Waals surface area contributed by atoms with Crippen molar-refractivity contribution in [1.82, 2.24) is 0 Å². The van der Waals surface area contributed by atoms with Gasteiger partial charge in [0.15, 0.2) is 0 Å². The second kappa shape index (κ2) is 6.43. The standard InChI is InChI=1S/C15H17N.ClH/c1-2-15(16)14-10-6-9-13(11-14)12-7-4-3-5-8-12;/h3-11,15H,2,16H2,1H3;1H/t15-;/m0./s1. The first kappa shape index (κ1) is 13.8. The summed E-state index contributed by atoms with van der Waals surface area (Å²) in [5.74, 6) is 0. The zero-order valence-corrected chi connectivity index (χ0v) is 10.8. The van der Waals surface area contributed by atoms with Crippen molar-refractivity contribution in [3.05, 3.63) is 60.2 Å². The Kier molecular flexibility index (Phi) is 5.20. The van der Waals surface area contributed by atoms with Crippen LogP contribution in [0.3, 0.4) is 0 Å². The number of hydrogen-bond donors (Lipinski definition) is 1. The summed E-state index contributed by atoms with van der Waals surface area (Å²) in [7, 11) is 0. The van der Waals surface area contributed by atoms with Gasteiger partial charge < -0.3 is 5.73 Å². The summed E-state index contributed by atoms with van der Waals surface area (Å²) >= 11 is 0. The molecule has 0 amide bonds. The van der Waals surface area contributed by atoms with E-state index in [-0.39, 0.29) is 18.4 Å². The number of nitrogens with two attached hydrogens (primary N) is 1. The molecule has 0 aliphatic rings. The van der Waals surface area contributed by atoms with Crippen molar-refractivity contribution in [3.8, 4) is 11.1 Å². The van der Waals surface area contributed by atoms with Crippen molar-refractivity contribution in [2.24, 2.45) is 5.73 Å². The molecule has 1 nitrogen and oxygen atoms in total. The molecule has 0 aliphatic carbocycles. The summed E-state index contributed by atoms with van der Waals surface area (Å²) in [5.41, 5.74) is 9.73. The molecule has 0 aromatic heterocycles. The van der Waals surface area contributed by atoms with Gasteiger partial charge in [-0.1, -0.05) is 55.5 Å². The molecule has 2 rings (SSSR count). The SMILES string of the molecule is CC[C@H](N)c1cccc(-c2ccccc2)c1.Cl. The van der Waals surface area contributed by atoms with Crippen LogP contribution in [0.2, 0.25) is 0 Å². The Morgan fingerprint density at radius 3 is 2.24 bits per heavy atom. The Hall–Kier alpha value is -1.31. The Labute approximate surface area is 109 Å². The van der Waals surface area contributed by atoms with Gasteiger partial charge in [0.2, 0.25) is 0 Å². The zero-order valence-electron chi connectivity index (χ0n) is 9.97. The molecule has 1 atom stereocenters. The van der Waals surface area contributed by atoms with Gasteiger partial charge in [0.05, 0.1) is 0 Å². The van der Waals surface area contributed by atoms with Gasteiger partial charge in [0.25, 0.3) is 0 Å². The highest BCUT2D eigenvalue weighted by Gasteiger charge is 2.04. The van der Waals surface area contributed by atoms with E-state index >= 15 is 0 Å². The summed E-state index contributed by atoms with van der Waals surface area (Å²) in [4.78, 5) is 0. The van der Waals surface area contributed by atoms with Crippen LogP contribution < -0.4 is 5.73 Å². The topological polar surface area (TPSA) is 26.0 Å². The summed E-state index contributed by atoms with van der Waals surface area (Å²) < 4.78 is 0. The smallest absolute Gasteiger partial charge is 0.0292 e. The minimum Gasteiger partial charge on any atom is -0.324 e. The fourth-order valence-electron chi connectivity index (χ4n) is 1.82. The number of benzene rings is 2. The maximum atomic E-state index is 6.04. The van der Waals surface area contributed by atoms with Crippen LogP contribution in [0.15, 0.2) is 54.6 Å². The fraction of sp³-hybridized carbons (Fsp3) is 0.200. The minimum atomic E-state index is 0. The quantitative estimate of drug-likeness (QED) is 0.865. The Balaban J connectivity index is 0.00000144. The third-order valence-electron chi connectivity index (χ3n) is 2.86. The lowest BCUT2D eigenvalue weighted by Crippen LogP contribution is -2.08. The third kappa shape index (κ3) is 3.32. The molecule has 17 heavy (non-hydrogen) atoms. The highest BCUT2D eigenvalue weighted by atomic mass is 35.5. The maximum Gasteiger partial charge on any atom is 0.0292 e. The number of halogens is 1. The van der Waals surface area contributed by atoms with Crippen molar-refractivity contribution in [2.45, 2.75) is 19.4 Å². The fourth-order valence-corrected chi connectivity index (χ4v) is 1.82. The number of hydrogen-bond acceptors (Lipinski definition) is 1. The molecule has 2 N–H and O–H groups in total. The monoisotopic (exact) mass is 247 g/mol. The van der Waals surface area contributed by atoms with Crippen molar-refractivity contribution in [3.63, 3.8) is 0 Å². The van der Waals surface area contributed by atoms with Crippen LogP contribution in [0.5, 0.6) is 0 Å². The average Bonchev–Trinajstić information content (AvgIpc) is 2.39. The van der Waals surface area contributed by atoms with Gasteiger partial charge >= 0.3 is 0 Å². The van der Waals surface area contributed by atoms with Crippen LogP contribution in [-0.2, 0) is 0 Å². The van der Waals surface area contributed by atoms with Crippen LogP contribution in [0, 0.1) is 0 Å². The predicted molar refractivity (Wildman–Crippen MR) is 76.3 cm³/mol. The number of rotatable bonds is 3. The van der Waals surface area contributed by atoms with Gasteiger partial charge in [-0.2, -0.15) is 0 Å². The summed E-state index contributed by atoms with van der Waals surface area (Å²) in [6.07, 6.45) is 0.970. The van der Waals surface area contributed by atoms with E-state index in [2.05, 4.69) is 55.5 Å². The molecule has 0 fully saturated rings. The second-order valence-corrected chi connectivity index (χ2v) is 4.01. The molecule has 2 heteroatoms. The summed E-state index contributed by atoms with van der Waals surface area (Å²) in [6, 6.07) is 19.0. The van der Waals surface area contributed by atoms with Crippen LogP contribution in [0.4, 0.5) is 0 Å². The lowest BCUT2D eigenvalue weighted by Gasteiger charge is -2.10. The molecule has 90 valence electrons. The zero-order chi connectivity index (χ0) is 11.4. The molecule has 0 saturated carbocycles. The average molecular weight is 248 g/mol. The molecule has 2 aromatic rings. The van der Waals surface area contributed by atoms with Crippen LogP contribution in [-0.4, -0.2) is 0 Å². The third-order valence-corrected chi connectivity index (χ3v) is 2.86. The first-order valence-electron chi connectivity index (χ1n) is 5.72. The molecule has 0 aliphatic heterocycles. The molecule has 0 bridgehead atoms. The van der Waals surface area contributed by atoms with E-state index in [0.29, 0.717) is 0 Å². The van der Waals surface area contributed by atoms with E-state index in [0.717, 1.165) is 6.42 Å². The van der Waals surface area contributed by atoms with E-state index in [1.165, 1.54) is 16.7 Å². The van der Waals surface area contributed by atoms with Gasteiger partial charge in [-0.15, -0.1) is 12.4 Å². The lowest BCUT2D eigenvalue weighted by atomic mass is 9.99. The van der Waals surface area contributed by atoms with E-state index < -0.39 is 0 Å². The molecular formula is C15H18ClN.